The fourth-order valence-corrected chi connectivity index (χ4v) is 1.28. The Morgan fingerprint density at radius 1 is 1.50 bits per heavy atom. The van der Waals surface area contributed by atoms with Gasteiger partial charge >= 0.3 is 0 Å². The van der Waals surface area contributed by atoms with Crippen molar-refractivity contribution in [2.75, 3.05) is 0 Å². The highest BCUT2D eigenvalue weighted by atomic mass is 16.5. The summed E-state index contributed by atoms with van der Waals surface area (Å²) in [7, 11) is 0. The van der Waals surface area contributed by atoms with Gasteiger partial charge in [-0.1, -0.05) is 25.9 Å². The largest absolute Gasteiger partial charge is 0.364 e. The number of nitrogens with one attached hydrogen (secondary N) is 2. The molecule has 0 saturated heterocycles. The third-order valence-corrected chi connectivity index (χ3v) is 2.32. The molecule has 0 aliphatic carbocycles. The first-order valence-electron chi connectivity index (χ1n) is 5.57. The van der Waals surface area contributed by atoms with Crippen molar-refractivity contribution in [3.63, 3.8) is 0 Å². The van der Waals surface area contributed by atoms with Gasteiger partial charge in [-0.3, -0.25) is 9.89 Å². The Kier molecular flexibility index (Phi) is 3.14. The summed E-state index contributed by atoms with van der Waals surface area (Å²) in [6, 6.07) is 1.68. The highest BCUT2D eigenvalue weighted by Gasteiger charge is 2.21. The zero-order valence-corrected chi connectivity index (χ0v) is 10.5. The second kappa shape index (κ2) is 4.59. The van der Waals surface area contributed by atoms with Gasteiger partial charge in [0, 0.05) is 11.5 Å². The van der Waals surface area contributed by atoms with E-state index in [1.165, 1.54) is 6.26 Å². The highest BCUT2D eigenvalue weighted by Crippen LogP contribution is 2.17. The highest BCUT2D eigenvalue weighted by molar-refractivity contribution is 5.90. The van der Waals surface area contributed by atoms with E-state index in [9.17, 15) is 4.79 Å². The number of aromatic nitrogens is 4. The predicted molar refractivity (Wildman–Crippen MR) is 62.8 cm³/mol. The first-order chi connectivity index (χ1) is 8.47. The quantitative estimate of drug-likeness (QED) is 0.846. The zero-order chi connectivity index (χ0) is 13.2. The Bertz CT molecular complexity index is 524. The Morgan fingerprint density at radius 3 is 2.83 bits per heavy atom. The molecular formula is C11H15N5O2. The maximum Gasteiger partial charge on any atom is 0.291 e. The first kappa shape index (κ1) is 12.3. The number of hydrogen-bond acceptors (Lipinski definition) is 5. The van der Waals surface area contributed by atoms with Crippen molar-refractivity contribution in [3.05, 3.63) is 29.7 Å². The topological polar surface area (TPSA) is 96.7 Å². The molecule has 0 bridgehead atoms. The fraction of sp³-hybridized carbons (Fsp3) is 0.455. The molecule has 1 amide bonds. The van der Waals surface area contributed by atoms with E-state index in [4.69, 9.17) is 0 Å². The van der Waals surface area contributed by atoms with Gasteiger partial charge < -0.3 is 9.84 Å². The van der Waals surface area contributed by atoms with Crippen molar-refractivity contribution in [2.45, 2.75) is 32.7 Å². The molecule has 7 heteroatoms. The maximum atomic E-state index is 11.8. The van der Waals surface area contributed by atoms with E-state index in [0.29, 0.717) is 11.5 Å². The number of H-pyrrole nitrogens is 1. The molecule has 0 saturated carbocycles. The molecule has 0 aliphatic rings. The van der Waals surface area contributed by atoms with Gasteiger partial charge in [0.2, 0.25) is 5.82 Å². The van der Waals surface area contributed by atoms with Crippen LogP contribution in [0.3, 0.4) is 0 Å². The van der Waals surface area contributed by atoms with Crippen LogP contribution >= 0.6 is 0 Å². The standard InChI is InChI=1S/C11H15N5O2/c1-11(2,3)10-13-8(14-15-10)9(17)12-6-7-4-5-18-16-7/h4-5H,6H2,1-3H3,(H,12,17)(H,13,14,15). The van der Waals surface area contributed by atoms with Gasteiger partial charge in [0.05, 0.1) is 6.54 Å². The second-order valence-electron chi connectivity index (χ2n) is 4.93. The van der Waals surface area contributed by atoms with Gasteiger partial charge in [-0.25, -0.2) is 4.98 Å². The van der Waals surface area contributed by atoms with Gasteiger partial charge in [-0.2, -0.15) is 0 Å². The monoisotopic (exact) mass is 249 g/mol. The molecule has 2 N–H and O–H groups in total. The lowest BCUT2D eigenvalue weighted by molar-refractivity contribution is 0.0940. The molecule has 2 heterocycles. The third-order valence-electron chi connectivity index (χ3n) is 2.32. The van der Waals surface area contributed by atoms with Crippen LogP contribution in [0, 0.1) is 0 Å². The van der Waals surface area contributed by atoms with Gasteiger partial charge in [0.15, 0.2) is 0 Å². The van der Waals surface area contributed by atoms with Crippen LogP contribution in [-0.2, 0) is 12.0 Å². The maximum absolute atomic E-state index is 11.8. The van der Waals surface area contributed by atoms with E-state index >= 15 is 0 Å². The Labute approximate surface area is 104 Å². The molecule has 2 aromatic rings. The summed E-state index contributed by atoms with van der Waals surface area (Å²) in [6.45, 7) is 6.26. The van der Waals surface area contributed by atoms with E-state index in [1.807, 2.05) is 20.8 Å². The number of amides is 1. The molecular weight excluding hydrogens is 234 g/mol. The van der Waals surface area contributed by atoms with Crippen molar-refractivity contribution in [1.29, 1.82) is 0 Å². The van der Waals surface area contributed by atoms with Crippen LogP contribution in [0.15, 0.2) is 16.9 Å². The molecule has 0 aromatic carbocycles. The number of aromatic amines is 1. The summed E-state index contributed by atoms with van der Waals surface area (Å²) >= 11 is 0. The third kappa shape index (κ3) is 2.73. The number of rotatable bonds is 3. The Morgan fingerprint density at radius 2 is 2.28 bits per heavy atom. The smallest absolute Gasteiger partial charge is 0.291 e. The summed E-state index contributed by atoms with van der Waals surface area (Å²) in [6.07, 6.45) is 1.45. The first-order valence-corrected chi connectivity index (χ1v) is 5.57. The minimum atomic E-state index is -0.343. The Balaban J connectivity index is 1.99. The van der Waals surface area contributed by atoms with Crippen LogP contribution in [0.25, 0.3) is 0 Å². The molecule has 96 valence electrons. The molecule has 18 heavy (non-hydrogen) atoms. The second-order valence-corrected chi connectivity index (χ2v) is 4.93. The number of nitrogens with zero attached hydrogens (tertiary/aromatic N) is 3. The van der Waals surface area contributed by atoms with E-state index in [2.05, 4.69) is 30.2 Å². The minimum Gasteiger partial charge on any atom is -0.364 e. The molecule has 0 unspecified atom stereocenters. The van der Waals surface area contributed by atoms with Crippen LogP contribution in [-0.4, -0.2) is 26.2 Å². The van der Waals surface area contributed by atoms with E-state index in [0.717, 1.165) is 0 Å². The van der Waals surface area contributed by atoms with Crippen LogP contribution in [0.2, 0.25) is 0 Å². The van der Waals surface area contributed by atoms with Crippen molar-refractivity contribution in [3.8, 4) is 0 Å². The molecule has 0 fully saturated rings. The molecule has 2 rings (SSSR count). The lowest BCUT2D eigenvalue weighted by Crippen LogP contribution is -2.24. The summed E-state index contributed by atoms with van der Waals surface area (Å²) in [5, 5.41) is 13.0. The lowest BCUT2D eigenvalue weighted by Gasteiger charge is -2.12. The summed E-state index contributed by atoms with van der Waals surface area (Å²) in [4.78, 5) is 15.9. The summed E-state index contributed by atoms with van der Waals surface area (Å²) in [5.41, 5.74) is 0.479. The van der Waals surface area contributed by atoms with Crippen molar-refractivity contribution >= 4 is 5.91 Å². The van der Waals surface area contributed by atoms with Gasteiger partial charge in [-0.05, 0) is 0 Å². The average molecular weight is 249 g/mol. The van der Waals surface area contributed by atoms with Crippen LogP contribution in [0.4, 0.5) is 0 Å². The molecule has 0 spiro atoms. The van der Waals surface area contributed by atoms with E-state index in [1.54, 1.807) is 6.07 Å². The van der Waals surface area contributed by atoms with Crippen molar-refractivity contribution in [2.24, 2.45) is 0 Å². The molecule has 2 aromatic heterocycles. The minimum absolute atomic E-state index is 0.128. The van der Waals surface area contributed by atoms with E-state index in [-0.39, 0.29) is 23.7 Å². The zero-order valence-electron chi connectivity index (χ0n) is 10.5. The van der Waals surface area contributed by atoms with Crippen molar-refractivity contribution in [1.82, 2.24) is 25.7 Å². The summed E-state index contributed by atoms with van der Waals surface area (Å²) < 4.78 is 4.66. The van der Waals surface area contributed by atoms with E-state index < -0.39 is 0 Å². The van der Waals surface area contributed by atoms with Gasteiger partial charge in [0.1, 0.15) is 17.8 Å². The van der Waals surface area contributed by atoms with Crippen LogP contribution in [0.1, 0.15) is 42.9 Å². The molecule has 0 aliphatic heterocycles. The number of carbonyl (C=O) groups is 1. The van der Waals surface area contributed by atoms with Crippen molar-refractivity contribution < 1.29 is 9.32 Å². The predicted octanol–water partition coefficient (Wildman–Crippen LogP) is 1.02. The molecule has 0 radical (unpaired) electrons. The molecule has 0 atom stereocenters. The lowest BCUT2D eigenvalue weighted by atomic mass is 9.96. The Hall–Kier alpha value is -2.18. The molecule has 7 nitrogen and oxygen atoms in total. The number of hydrogen-bond donors (Lipinski definition) is 2. The van der Waals surface area contributed by atoms with Crippen LogP contribution in [0.5, 0.6) is 0 Å². The van der Waals surface area contributed by atoms with Gasteiger partial charge in [0.25, 0.3) is 5.91 Å². The SMILES string of the molecule is CC(C)(C)c1nc(C(=O)NCc2ccon2)n[nH]1. The summed E-state index contributed by atoms with van der Waals surface area (Å²) in [5.74, 6) is 0.460. The normalized spacial score (nSPS) is 11.5. The van der Waals surface area contributed by atoms with Crippen LogP contribution < -0.4 is 5.32 Å². The number of carbonyl (C=O) groups excluding carboxylic acids is 1. The van der Waals surface area contributed by atoms with Gasteiger partial charge in [-0.15, -0.1) is 5.10 Å². The average Bonchev–Trinajstić information content (AvgIpc) is 2.96. The fourth-order valence-electron chi connectivity index (χ4n) is 1.28.